The van der Waals surface area contributed by atoms with E-state index in [1.54, 1.807) is 0 Å². The van der Waals surface area contributed by atoms with Crippen molar-refractivity contribution in [3.63, 3.8) is 0 Å². The Morgan fingerprint density at radius 2 is 1.92 bits per heavy atom. The lowest BCUT2D eigenvalue weighted by molar-refractivity contribution is 0.120. The van der Waals surface area contributed by atoms with Gasteiger partial charge < -0.3 is 10.5 Å². The molecule has 0 spiro atoms. The summed E-state index contributed by atoms with van der Waals surface area (Å²) in [6.45, 7) is 5.69. The van der Waals surface area contributed by atoms with Gasteiger partial charge in [-0.3, -0.25) is 0 Å². The van der Waals surface area contributed by atoms with Gasteiger partial charge in [0.2, 0.25) is 0 Å². The highest BCUT2D eigenvalue weighted by molar-refractivity contribution is 4.85. The van der Waals surface area contributed by atoms with E-state index in [9.17, 15) is 0 Å². The van der Waals surface area contributed by atoms with Crippen molar-refractivity contribution in [2.45, 2.75) is 32.7 Å². The molecule has 3 nitrogen and oxygen atoms in total. The summed E-state index contributed by atoms with van der Waals surface area (Å²) in [5.41, 5.74) is 5.37. The van der Waals surface area contributed by atoms with Gasteiger partial charge in [0.15, 0.2) is 0 Å². The zero-order chi connectivity index (χ0) is 9.40. The Morgan fingerprint density at radius 1 is 1.33 bits per heavy atom. The van der Waals surface area contributed by atoms with E-state index < -0.39 is 0 Å². The number of nitrogens with two attached hydrogens (primary N) is 1. The van der Waals surface area contributed by atoms with Gasteiger partial charge in [-0.1, -0.05) is 13.8 Å². The summed E-state index contributed by atoms with van der Waals surface area (Å²) in [7, 11) is 0. The van der Waals surface area contributed by atoms with Gasteiger partial charge in [0, 0.05) is 13.2 Å². The van der Waals surface area contributed by atoms with E-state index in [4.69, 9.17) is 15.7 Å². The highest BCUT2D eigenvalue weighted by Crippen LogP contribution is 1.99. The number of hydrogen-bond donors (Lipinski definition) is 1. The third kappa shape index (κ3) is 7.52. The Hall–Kier alpha value is -0.590. The fourth-order valence-corrected chi connectivity index (χ4v) is 0.696. The predicted molar refractivity (Wildman–Crippen MR) is 48.5 cm³/mol. The molecule has 0 aliphatic carbocycles. The first-order chi connectivity index (χ1) is 5.66. The predicted octanol–water partition coefficient (Wildman–Crippen LogP) is 1.29. The molecule has 0 aromatic rings. The second kappa shape index (κ2) is 7.08. The molecule has 0 fully saturated rings. The highest BCUT2D eigenvalue weighted by Gasteiger charge is 1.99. The molecule has 0 rings (SSSR count). The molecular weight excluding hydrogens is 152 g/mol. The molecule has 0 saturated carbocycles. The molecule has 0 radical (unpaired) electrons. The summed E-state index contributed by atoms with van der Waals surface area (Å²) >= 11 is 0. The summed E-state index contributed by atoms with van der Waals surface area (Å²) in [6.07, 6.45) is 1.70. The lowest BCUT2D eigenvalue weighted by Crippen LogP contribution is -2.19. The first kappa shape index (κ1) is 11.4. The van der Waals surface area contributed by atoms with Crippen LogP contribution >= 0.6 is 0 Å². The fraction of sp³-hybridized carbons (Fsp3) is 0.889. The van der Waals surface area contributed by atoms with Crippen LogP contribution in [0.2, 0.25) is 0 Å². The number of nitrogens with zero attached hydrogens (tertiary/aromatic N) is 1. The average molecular weight is 170 g/mol. The van der Waals surface area contributed by atoms with Crippen molar-refractivity contribution in [2.24, 2.45) is 11.7 Å². The van der Waals surface area contributed by atoms with Crippen LogP contribution in [-0.4, -0.2) is 19.3 Å². The van der Waals surface area contributed by atoms with Crippen LogP contribution < -0.4 is 5.73 Å². The monoisotopic (exact) mass is 170 g/mol. The Kier molecular flexibility index (Phi) is 6.73. The molecule has 0 aromatic carbocycles. The molecule has 0 aliphatic rings. The Balaban J connectivity index is 3.07. The quantitative estimate of drug-likeness (QED) is 0.611. The Bertz CT molecular complexity index is 140. The second-order valence-corrected chi connectivity index (χ2v) is 3.32. The van der Waals surface area contributed by atoms with Gasteiger partial charge in [0.25, 0.3) is 0 Å². The average Bonchev–Trinajstić information content (AvgIpc) is 2.03. The van der Waals surface area contributed by atoms with E-state index in [0.29, 0.717) is 18.9 Å². The van der Waals surface area contributed by atoms with Crippen LogP contribution in [0.1, 0.15) is 26.7 Å². The summed E-state index contributed by atoms with van der Waals surface area (Å²) in [4.78, 5) is 0. The van der Waals surface area contributed by atoms with Gasteiger partial charge >= 0.3 is 0 Å². The van der Waals surface area contributed by atoms with E-state index >= 15 is 0 Å². The van der Waals surface area contributed by atoms with Crippen molar-refractivity contribution in [2.75, 3.05) is 13.2 Å². The maximum absolute atomic E-state index is 8.35. The minimum absolute atomic E-state index is 0.371. The largest absolute Gasteiger partial charge is 0.381 e. The Labute approximate surface area is 74.5 Å². The van der Waals surface area contributed by atoms with Gasteiger partial charge in [-0.25, -0.2) is 0 Å². The number of hydrogen-bond acceptors (Lipinski definition) is 3. The normalized spacial score (nSPS) is 12.9. The molecule has 3 heteroatoms. The van der Waals surface area contributed by atoms with E-state index in [-0.39, 0.29) is 6.04 Å². The highest BCUT2D eigenvalue weighted by atomic mass is 16.5. The standard InChI is InChI=1S/C9H18N2O/c1-8(2)3-5-12-6-4-9(11)7-10/h8-9H,3-6,11H2,1-2H3. The van der Waals surface area contributed by atoms with E-state index in [0.717, 1.165) is 13.0 Å². The molecule has 2 N–H and O–H groups in total. The molecule has 0 aromatic heterocycles. The fourth-order valence-electron chi connectivity index (χ4n) is 0.696. The minimum Gasteiger partial charge on any atom is -0.381 e. The van der Waals surface area contributed by atoms with E-state index in [1.807, 2.05) is 6.07 Å². The van der Waals surface area contributed by atoms with E-state index in [2.05, 4.69) is 13.8 Å². The SMILES string of the molecule is CC(C)CCOCCC(N)C#N. The molecule has 1 atom stereocenters. The summed E-state index contributed by atoms with van der Waals surface area (Å²) < 4.78 is 5.29. The number of rotatable bonds is 6. The summed E-state index contributed by atoms with van der Waals surface area (Å²) in [5.74, 6) is 0.676. The van der Waals surface area contributed by atoms with Crippen LogP contribution in [0.5, 0.6) is 0 Å². The van der Waals surface area contributed by atoms with Gasteiger partial charge in [-0.15, -0.1) is 0 Å². The lowest BCUT2D eigenvalue weighted by atomic mass is 10.1. The van der Waals surface area contributed by atoms with Crippen LogP contribution in [-0.2, 0) is 4.74 Å². The van der Waals surface area contributed by atoms with Crippen molar-refractivity contribution < 1.29 is 4.74 Å². The van der Waals surface area contributed by atoms with Crippen LogP contribution in [0.25, 0.3) is 0 Å². The zero-order valence-electron chi connectivity index (χ0n) is 7.92. The molecule has 0 saturated heterocycles. The lowest BCUT2D eigenvalue weighted by Gasteiger charge is -2.06. The summed E-state index contributed by atoms with van der Waals surface area (Å²) in [5, 5.41) is 8.35. The first-order valence-electron chi connectivity index (χ1n) is 4.39. The van der Waals surface area contributed by atoms with Crippen LogP contribution in [0.15, 0.2) is 0 Å². The van der Waals surface area contributed by atoms with Crippen molar-refractivity contribution in [3.8, 4) is 6.07 Å². The maximum Gasteiger partial charge on any atom is 0.0950 e. The van der Waals surface area contributed by atoms with Crippen LogP contribution in [0.3, 0.4) is 0 Å². The molecule has 70 valence electrons. The number of nitriles is 1. The van der Waals surface area contributed by atoms with E-state index in [1.165, 1.54) is 0 Å². The van der Waals surface area contributed by atoms with Gasteiger partial charge in [0.05, 0.1) is 12.1 Å². The van der Waals surface area contributed by atoms with Crippen LogP contribution in [0.4, 0.5) is 0 Å². The Morgan fingerprint density at radius 3 is 2.42 bits per heavy atom. The van der Waals surface area contributed by atoms with Crippen molar-refractivity contribution in [1.82, 2.24) is 0 Å². The summed E-state index contributed by atoms with van der Waals surface area (Å²) in [6, 6.07) is 1.59. The van der Waals surface area contributed by atoms with Crippen molar-refractivity contribution in [1.29, 1.82) is 5.26 Å². The topological polar surface area (TPSA) is 59.0 Å². The molecular formula is C9H18N2O. The molecule has 12 heavy (non-hydrogen) atoms. The minimum atomic E-state index is -0.371. The third-order valence-corrected chi connectivity index (χ3v) is 1.58. The first-order valence-corrected chi connectivity index (χ1v) is 4.39. The molecule has 0 heterocycles. The van der Waals surface area contributed by atoms with Gasteiger partial charge in [-0.05, 0) is 18.8 Å². The molecule has 1 unspecified atom stereocenters. The molecule has 0 amide bonds. The second-order valence-electron chi connectivity index (χ2n) is 3.32. The molecule has 0 bridgehead atoms. The van der Waals surface area contributed by atoms with Crippen LogP contribution in [0, 0.1) is 17.2 Å². The smallest absolute Gasteiger partial charge is 0.0950 e. The van der Waals surface area contributed by atoms with Gasteiger partial charge in [0.1, 0.15) is 0 Å². The zero-order valence-corrected chi connectivity index (χ0v) is 7.92. The maximum atomic E-state index is 8.35. The van der Waals surface area contributed by atoms with Crippen molar-refractivity contribution >= 4 is 0 Å². The number of ether oxygens (including phenoxy) is 1. The van der Waals surface area contributed by atoms with Crippen molar-refractivity contribution in [3.05, 3.63) is 0 Å². The third-order valence-electron chi connectivity index (χ3n) is 1.58. The molecule has 0 aliphatic heterocycles. The van der Waals surface area contributed by atoms with Gasteiger partial charge in [-0.2, -0.15) is 5.26 Å².